The van der Waals surface area contributed by atoms with Crippen LogP contribution in [-0.4, -0.2) is 46.3 Å². The molecule has 4 nitrogen and oxygen atoms in total. The van der Waals surface area contributed by atoms with E-state index >= 15 is 0 Å². The van der Waals surface area contributed by atoms with Crippen molar-refractivity contribution in [2.75, 3.05) is 13.1 Å². The molecule has 0 bridgehead atoms. The summed E-state index contributed by atoms with van der Waals surface area (Å²) in [4.78, 5) is 13.0. The maximum atomic E-state index is 11.5. The fraction of sp³-hybridized carbons (Fsp3) is 0.900. The Kier molecular flexibility index (Phi) is 6.49. The summed E-state index contributed by atoms with van der Waals surface area (Å²) in [5, 5.41) is 18.4. The topological polar surface area (TPSA) is 60.8 Å². The summed E-state index contributed by atoms with van der Waals surface area (Å²) >= 11 is 0. The highest BCUT2D eigenvalue weighted by molar-refractivity contribution is 5.76. The van der Waals surface area contributed by atoms with Crippen LogP contribution in [0.25, 0.3) is 0 Å². The zero-order valence-electron chi connectivity index (χ0n) is 9.23. The number of rotatable bonds is 6. The molecule has 84 valence electrons. The molecule has 0 aromatic carbocycles. The number of aliphatic hydroxyl groups excluding tert-OH is 2. The lowest BCUT2D eigenvalue weighted by molar-refractivity contribution is -0.133. The highest BCUT2D eigenvalue weighted by Gasteiger charge is 2.16. The quantitative estimate of drug-likeness (QED) is 0.656. The van der Waals surface area contributed by atoms with Gasteiger partial charge in [0.1, 0.15) is 0 Å². The minimum atomic E-state index is -0.547. The van der Waals surface area contributed by atoms with E-state index in [0.29, 0.717) is 19.5 Å². The van der Waals surface area contributed by atoms with Gasteiger partial charge in [0.25, 0.3) is 0 Å². The maximum Gasteiger partial charge on any atom is 0.222 e. The lowest BCUT2D eigenvalue weighted by Crippen LogP contribution is -2.40. The molecule has 0 aromatic heterocycles. The van der Waals surface area contributed by atoms with Crippen molar-refractivity contribution in [1.29, 1.82) is 0 Å². The molecular weight excluding hydrogens is 182 g/mol. The van der Waals surface area contributed by atoms with E-state index in [0.717, 1.165) is 6.42 Å². The summed E-state index contributed by atoms with van der Waals surface area (Å²) in [7, 11) is 0. The van der Waals surface area contributed by atoms with Crippen LogP contribution in [0.1, 0.15) is 33.6 Å². The van der Waals surface area contributed by atoms with E-state index in [1.807, 2.05) is 6.92 Å². The van der Waals surface area contributed by atoms with Gasteiger partial charge in [-0.05, 0) is 20.3 Å². The van der Waals surface area contributed by atoms with Gasteiger partial charge >= 0.3 is 0 Å². The van der Waals surface area contributed by atoms with Crippen LogP contribution >= 0.6 is 0 Å². The molecule has 2 atom stereocenters. The molecule has 0 aliphatic heterocycles. The average Bonchev–Trinajstić information content (AvgIpc) is 2.01. The predicted molar refractivity (Wildman–Crippen MR) is 54.8 cm³/mol. The molecule has 0 aliphatic carbocycles. The zero-order valence-corrected chi connectivity index (χ0v) is 9.23. The molecule has 2 N–H and O–H groups in total. The normalized spacial score (nSPS) is 14.9. The van der Waals surface area contributed by atoms with Gasteiger partial charge in [0.2, 0.25) is 5.91 Å². The molecule has 4 heteroatoms. The summed E-state index contributed by atoms with van der Waals surface area (Å²) in [6.07, 6.45) is 0.165. The smallest absolute Gasteiger partial charge is 0.222 e. The van der Waals surface area contributed by atoms with Crippen LogP contribution in [0.5, 0.6) is 0 Å². The summed E-state index contributed by atoms with van der Waals surface area (Å²) < 4.78 is 0. The van der Waals surface area contributed by atoms with Crippen molar-refractivity contribution >= 4 is 5.91 Å². The Bertz CT molecular complexity index is 159. The SMILES string of the molecule is CCCC(=O)N(CC(C)O)CC(C)O. The molecule has 14 heavy (non-hydrogen) atoms. The van der Waals surface area contributed by atoms with Gasteiger partial charge < -0.3 is 15.1 Å². The molecule has 0 spiro atoms. The lowest BCUT2D eigenvalue weighted by atomic mass is 10.2. The Morgan fingerprint density at radius 1 is 1.21 bits per heavy atom. The largest absolute Gasteiger partial charge is 0.392 e. The van der Waals surface area contributed by atoms with Crippen molar-refractivity contribution in [2.24, 2.45) is 0 Å². The summed E-state index contributed by atoms with van der Waals surface area (Å²) in [6.45, 7) is 5.79. The van der Waals surface area contributed by atoms with Gasteiger partial charge in [-0.25, -0.2) is 0 Å². The van der Waals surface area contributed by atoms with E-state index < -0.39 is 12.2 Å². The molecule has 0 aliphatic rings. The second-order valence-electron chi connectivity index (χ2n) is 3.75. The third kappa shape index (κ3) is 5.94. The fourth-order valence-corrected chi connectivity index (χ4v) is 1.29. The third-order valence-electron chi connectivity index (χ3n) is 1.79. The van der Waals surface area contributed by atoms with E-state index in [-0.39, 0.29) is 5.91 Å². The third-order valence-corrected chi connectivity index (χ3v) is 1.79. The van der Waals surface area contributed by atoms with Gasteiger partial charge in [-0.15, -0.1) is 0 Å². The maximum absolute atomic E-state index is 11.5. The van der Waals surface area contributed by atoms with Crippen molar-refractivity contribution < 1.29 is 15.0 Å². The standard InChI is InChI=1S/C10H21NO3/c1-4-5-10(14)11(6-8(2)12)7-9(3)13/h8-9,12-13H,4-7H2,1-3H3. The second-order valence-corrected chi connectivity index (χ2v) is 3.75. The van der Waals surface area contributed by atoms with E-state index in [2.05, 4.69) is 0 Å². The number of hydrogen-bond acceptors (Lipinski definition) is 3. The molecule has 0 radical (unpaired) electrons. The molecule has 0 saturated carbocycles. The number of carbonyl (C=O) groups excluding carboxylic acids is 1. The molecular formula is C10H21NO3. The highest BCUT2D eigenvalue weighted by Crippen LogP contribution is 2.01. The van der Waals surface area contributed by atoms with E-state index in [9.17, 15) is 15.0 Å². The van der Waals surface area contributed by atoms with E-state index in [1.165, 1.54) is 4.90 Å². The van der Waals surface area contributed by atoms with Crippen LogP contribution in [0.2, 0.25) is 0 Å². The Labute approximate surface area is 85.5 Å². The van der Waals surface area contributed by atoms with Gasteiger partial charge in [-0.2, -0.15) is 0 Å². The zero-order chi connectivity index (χ0) is 11.1. The van der Waals surface area contributed by atoms with Crippen molar-refractivity contribution in [1.82, 2.24) is 4.90 Å². The fourth-order valence-electron chi connectivity index (χ4n) is 1.29. The van der Waals surface area contributed by atoms with E-state index in [1.54, 1.807) is 13.8 Å². The first-order chi connectivity index (χ1) is 6.47. The number of aliphatic hydroxyl groups is 2. The Balaban J connectivity index is 4.15. The monoisotopic (exact) mass is 203 g/mol. The van der Waals surface area contributed by atoms with Crippen LogP contribution in [-0.2, 0) is 4.79 Å². The summed E-state index contributed by atoms with van der Waals surface area (Å²) in [5.74, 6) is -0.00528. The van der Waals surface area contributed by atoms with Crippen LogP contribution in [0, 0.1) is 0 Å². The molecule has 0 rings (SSSR count). The molecule has 0 aromatic rings. The first-order valence-electron chi connectivity index (χ1n) is 5.11. The number of hydrogen-bond donors (Lipinski definition) is 2. The first-order valence-corrected chi connectivity index (χ1v) is 5.11. The van der Waals surface area contributed by atoms with E-state index in [4.69, 9.17) is 0 Å². The van der Waals surface area contributed by atoms with Crippen LogP contribution < -0.4 is 0 Å². The van der Waals surface area contributed by atoms with Crippen molar-refractivity contribution in [3.05, 3.63) is 0 Å². The van der Waals surface area contributed by atoms with Crippen LogP contribution in [0.3, 0.4) is 0 Å². The number of amides is 1. The van der Waals surface area contributed by atoms with Crippen LogP contribution in [0.15, 0.2) is 0 Å². The second kappa shape index (κ2) is 6.79. The summed E-state index contributed by atoms with van der Waals surface area (Å²) in [5.41, 5.74) is 0. The van der Waals surface area contributed by atoms with Gasteiger partial charge in [0.15, 0.2) is 0 Å². The minimum Gasteiger partial charge on any atom is -0.392 e. The summed E-state index contributed by atoms with van der Waals surface area (Å²) in [6, 6.07) is 0. The Morgan fingerprint density at radius 3 is 1.93 bits per heavy atom. The minimum absolute atomic E-state index is 0.00528. The molecule has 1 amide bonds. The van der Waals surface area contributed by atoms with Gasteiger partial charge in [0, 0.05) is 19.5 Å². The predicted octanol–water partition coefficient (Wildman–Crippen LogP) is 0.377. The van der Waals surface area contributed by atoms with Gasteiger partial charge in [0.05, 0.1) is 12.2 Å². The first kappa shape index (κ1) is 13.4. The molecule has 0 fully saturated rings. The molecule has 2 unspecified atom stereocenters. The lowest BCUT2D eigenvalue weighted by Gasteiger charge is -2.25. The highest BCUT2D eigenvalue weighted by atomic mass is 16.3. The Hall–Kier alpha value is -0.610. The van der Waals surface area contributed by atoms with Gasteiger partial charge in [-0.3, -0.25) is 4.79 Å². The molecule has 0 heterocycles. The van der Waals surface area contributed by atoms with Crippen molar-refractivity contribution in [3.63, 3.8) is 0 Å². The van der Waals surface area contributed by atoms with Gasteiger partial charge in [-0.1, -0.05) is 6.92 Å². The Morgan fingerprint density at radius 2 is 1.64 bits per heavy atom. The number of carbonyl (C=O) groups is 1. The van der Waals surface area contributed by atoms with Crippen molar-refractivity contribution in [3.8, 4) is 0 Å². The molecule has 0 saturated heterocycles. The number of nitrogens with zero attached hydrogens (tertiary/aromatic N) is 1. The van der Waals surface area contributed by atoms with Crippen molar-refractivity contribution in [2.45, 2.75) is 45.8 Å². The van der Waals surface area contributed by atoms with Crippen LogP contribution in [0.4, 0.5) is 0 Å². The average molecular weight is 203 g/mol.